The highest BCUT2D eigenvalue weighted by Gasteiger charge is 2.32. The number of carbonyl (C=O) groups excluding carboxylic acids is 1. The number of nitrogens with two attached hydrogens (primary N) is 1. The lowest BCUT2D eigenvalue weighted by atomic mass is 10.0. The third-order valence-electron chi connectivity index (χ3n) is 5.41. The molecule has 0 saturated carbocycles. The van der Waals surface area contributed by atoms with Crippen molar-refractivity contribution in [2.75, 3.05) is 11.4 Å². The summed E-state index contributed by atoms with van der Waals surface area (Å²) in [6, 6.07) is 22.0. The number of nitrogens with zero attached hydrogens (tertiary/aromatic N) is 2. The molecule has 29 heavy (non-hydrogen) atoms. The Morgan fingerprint density at radius 1 is 0.931 bits per heavy atom. The van der Waals surface area contributed by atoms with Crippen LogP contribution in [0, 0.1) is 0 Å². The molecule has 2 heterocycles. The van der Waals surface area contributed by atoms with Gasteiger partial charge in [-0.25, -0.2) is 4.79 Å². The summed E-state index contributed by atoms with van der Waals surface area (Å²) in [6.45, 7) is 0.615. The largest absolute Gasteiger partial charge is 0.358 e. The summed E-state index contributed by atoms with van der Waals surface area (Å²) in [4.78, 5) is 18.1. The van der Waals surface area contributed by atoms with E-state index in [0.29, 0.717) is 6.54 Å². The summed E-state index contributed by atoms with van der Waals surface area (Å²) >= 11 is 0. The topological polar surface area (TPSA) is 76.2 Å². The van der Waals surface area contributed by atoms with Crippen LogP contribution in [0.1, 0.15) is 17.7 Å². The second-order valence-electron chi connectivity index (χ2n) is 7.18. The number of para-hydroxylation sites is 1. The third kappa shape index (κ3) is 2.87. The van der Waals surface area contributed by atoms with Gasteiger partial charge in [0.15, 0.2) is 0 Å². The highest BCUT2D eigenvalue weighted by atomic mass is 16.2. The average molecular weight is 381 g/mol. The lowest BCUT2D eigenvalue weighted by Crippen LogP contribution is -2.26. The van der Waals surface area contributed by atoms with Gasteiger partial charge < -0.3 is 10.7 Å². The summed E-state index contributed by atoms with van der Waals surface area (Å²) in [6.07, 6.45) is 3.37. The molecule has 3 aromatic carbocycles. The molecule has 5 rings (SSSR count). The summed E-state index contributed by atoms with van der Waals surface area (Å²) in [5, 5.41) is 7.35. The molecule has 0 unspecified atom stereocenters. The Labute approximate surface area is 168 Å². The van der Waals surface area contributed by atoms with Gasteiger partial charge in [0.1, 0.15) is 0 Å². The van der Waals surface area contributed by atoms with Gasteiger partial charge in [-0.2, -0.15) is 5.32 Å². The number of hydrogen-bond acceptors (Lipinski definition) is 2. The molecule has 2 amide bonds. The Morgan fingerprint density at radius 3 is 2.55 bits per heavy atom. The van der Waals surface area contributed by atoms with Gasteiger partial charge in [-0.3, -0.25) is 4.90 Å². The van der Waals surface area contributed by atoms with Gasteiger partial charge in [-0.1, -0.05) is 54.6 Å². The maximum Gasteiger partial charge on any atom is 0.352 e. The van der Waals surface area contributed by atoms with E-state index < -0.39 is 0 Å². The first-order valence-corrected chi connectivity index (χ1v) is 9.81. The van der Waals surface area contributed by atoms with Crippen molar-refractivity contribution in [2.24, 2.45) is 5.73 Å². The van der Waals surface area contributed by atoms with Crippen molar-refractivity contribution >= 4 is 39.1 Å². The molecule has 0 aliphatic carbocycles. The lowest BCUT2D eigenvalue weighted by molar-refractivity contribution is 0.252. The number of aromatic nitrogens is 1. The zero-order chi connectivity index (χ0) is 19.8. The summed E-state index contributed by atoms with van der Waals surface area (Å²) in [5.74, 6) is 0. The number of nitrogens with one attached hydrogen (secondary N) is 1. The average Bonchev–Trinajstić information content (AvgIpc) is 3.31. The molecule has 4 aromatic rings. The maximum absolute atomic E-state index is 12.9. The van der Waals surface area contributed by atoms with Crippen molar-refractivity contribution in [1.82, 2.24) is 10.3 Å². The van der Waals surface area contributed by atoms with Crippen LogP contribution in [0.2, 0.25) is 0 Å². The molecule has 0 bridgehead atoms. The zero-order valence-corrected chi connectivity index (χ0v) is 15.9. The number of amides is 2. The molecule has 0 atom stereocenters. The van der Waals surface area contributed by atoms with Crippen LogP contribution in [0.4, 0.5) is 10.5 Å². The number of rotatable bonds is 5. The Kier molecular flexibility index (Phi) is 4.30. The third-order valence-corrected chi connectivity index (χ3v) is 5.41. The van der Waals surface area contributed by atoms with E-state index in [1.165, 1.54) is 0 Å². The number of carbonyl (C=O) groups is 1. The molecule has 1 aliphatic rings. The molecule has 1 aromatic heterocycles. The minimum Gasteiger partial charge on any atom is -0.358 e. The van der Waals surface area contributed by atoms with Crippen LogP contribution < -0.4 is 16.0 Å². The minimum atomic E-state index is -0.272. The Bertz CT molecular complexity index is 1250. The van der Waals surface area contributed by atoms with E-state index in [2.05, 4.69) is 34.6 Å². The molecule has 1 aliphatic heterocycles. The molecule has 0 spiro atoms. The first kappa shape index (κ1) is 17.5. The van der Waals surface area contributed by atoms with Gasteiger partial charge >= 0.3 is 6.03 Å². The monoisotopic (exact) mass is 381 g/mol. The summed E-state index contributed by atoms with van der Waals surface area (Å²) in [5.41, 5.74) is 10.6. The van der Waals surface area contributed by atoms with Crippen molar-refractivity contribution in [3.63, 3.8) is 0 Å². The predicted molar refractivity (Wildman–Crippen MR) is 118 cm³/mol. The van der Waals surface area contributed by atoms with E-state index in [0.717, 1.165) is 57.2 Å². The first-order chi connectivity index (χ1) is 14.3. The Balaban J connectivity index is 1.71. The normalized spacial score (nSPS) is 13.9. The second-order valence-corrected chi connectivity index (χ2v) is 7.18. The number of hydrogen-bond donors (Lipinski definition) is 2. The van der Waals surface area contributed by atoms with Gasteiger partial charge in [0.25, 0.3) is 0 Å². The van der Waals surface area contributed by atoms with Crippen molar-refractivity contribution < 1.29 is 4.79 Å². The fourth-order valence-corrected chi connectivity index (χ4v) is 4.10. The van der Waals surface area contributed by atoms with Crippen molar-refractivity contribution in [1.29, 1.82) is 0 Å². The van der Waals surface area contributed by atoms with E-state index in [1.54, 1.807) is 11.1 Å². The van der Waals surface area contributed by atoms with Crippen LogP contribution in [0.15, 0.2) is 72.9 Å². The molecule has 143 valence electrons. The van der Waals surface area contributed by atoms with E-state index >= 15 is 0 Å². The molecule has 5 heteroatoms. The van der Waals surface area contributed by atoms with Gasteiger partial charge in [-0.05, 0) is 36.9 Å². The van der Waals surface area contributed by atoms with Gasteiger partial charge in [0, 0.05) is 27.5 Å². The SMILES string of the molecule is NCCCc1[nH]c2ccccc2c1C1=C[N]C(=O)N1c1cccc2ccccc12. The first-order valence-electron chi connectivity index (χ1n) is 9.81. The summed E-state index contributed by atoms with van der Waals surface area (Å²) < 4.78 is 0. The fraction of sp³-hybridized carbons (Fsp3) is 0.125. The molecule has 5 nitrogen and oxygen atoms in total. The second kappa shape index (κ2) is 7.11. The quantitative estimate of drug-likeness (QED) is 0.523. The molecule has 0 fully saturated rings. The van der Waals surface area contributed by atoms with E-state index in [4.69, 9.17) is 5.73 Å². The van der Waals surface area contributed by atoms with Gasteiger partial charge in [-0.15, -0.1) is 0 Å². The number of H-pyrrole nitrogens is 1. The molecule has 0 saturated heterocycles. The molecular weight excluding hydrogens is 360 g/mol. The van der Waals surface area contributed by atoms with Crippen LogP contribution in [-0.2, 0) is 6.42 Å². The van der Waals surface area contributed by atoms with Crippen LogP contribution in [0.3, 0.4) is 0 Å². The molecule has 1 radical (unpaired) electrons. The fourth-order valence-electron chi connectivity index (χ4n) is 4.10. The molecule has 3 N–H and O–H groups in total. The Morgan fingerprint density at radius 2 is 1.69 bits per heavy atom. The smallest absolute Gasteiger partial charge is 0.352 e. The van der Waals surface area contributed by atoms with Crippen LogP contribution in [-0.4, -0.2) is 17.6 Å². The highest BCUT2D eigenvalue weighted by Crippen LogP contribution is 2.39. The number of aromatic amines is 1. The van der Waals surface area contributed by atoms with Crippen LogP contribution >= 0.6 is 0 Å². The van der Waals surface area contributed by atoms with Gasteiger partial charge in [0.2, 0.25) is 0 Å². The van der Waals surface area contributed by atoms with E-state index in [1.807, 2.05) is 42.5 Å². The highest BCUT2D eigenvalue weighted by molar-refractivity contribution is 6.16. The van der Waals surface area contributed by atoms with Crippen molar-refractivity contribution in [2.45, 2.75) is 12.8 Å². The molecular formula is C24H21N4O. The zero-order valence-electron chi connectivity index (χ0n) is 15.9. The number of fused-ring (bicyclic) bond motifs is 2. The lowest BCUT2D eigenvalue weighted by Gasteiger charge is -2.21. The Hall–Kier alpha value is -3.57. The number of benzene rings is 3. The maximum atomic E-state index is 12.9. The van der Waals surface area contributed by atoms with Crippen molar-refractivity contribution in [3.8, 4) is 0 Å². The van der Waals surface area contributed by atoms with Gasteiger partial charge in [0.05, 0.1) is 17.6 Å². The number of urea groups is 1. The van der Waals surface area contributed by atoms with Crippen LogP contribution in [0.25, 0.3) is 27.4 Å². The standard InChI is InChI=1S/C24H21N4O/c25-14-6-12-20-23(18-10-3-4-11-19(18)27-20)22-15-26-24(29)28(22)21-13-5-8-16-7-1-2-9-17(16)21/h1-5,7-11,13,15,27H,6,12,14,25H2. The number of aryl methyl sites for hydroxylation is 1. The van der Waals surface area contributed by atoms with Crippen molar-refractivity contribution in [3.05, 3.63) is 84.2 Å². The van der Waals surface area contributed by atoms with E-state index in [-0.39, 0.29) is 6.03 Å². The minimum absolute atomic E-state index is 0.272. The van der Waals surface area contributed by atoms with Crippen LogP contribution in [0.5, 0.6) is 0 Å². The van der Waals surface area contributed by atoms with E-state index in [9.17, 15) is 4.79 Å². The predicted octanol–water partition coefficient (Wildman–Crippen LogP) is 4.76. The number of anilines is 1. The summed E-state index contributed by atoms with van der Waals surface area (Å²) in [7, 11) is 0.